The highest BCUT2D eigenvalue weighted by molar-refractivity contribution is 7.26. The number of rotatable bonds is 8. The second-order valence-electron chi connectivity index (χ2n) is 20.0. The third-order valence-electron chi connectivity index (χ3n) is 15.8. The molecule has 0 N–H and O–H groups in total. The van der Waals surface area contributed by atoms with Gasteiger partial charge in [0.15, 0.2) is 0 Å². The van der Waals surface area contributed by atoms with E-state index in [4.69, 9.17) is 0 Å². The van der Waals surface area contributed by atoms with Gasteiger partial charge in [0, 0.05) is 42.6 Å². The van der Waals surface area contributed by atoms with E-state index in [0.29, 0.717) is 0 Å². The predicted octanol–water partition coefficient (Wildman–Crippen LogP) is 19.2. The van der Waals surface area contributed by atoms with Gasteiger partial charge in [0.25, 0.3) is 0 Å². The van der Waals surface area contributed by atoms with Crippen LogP contribution in [0.4, 0.5) is 17.1 Å². The van der Waals surface area contributed by atoms with Crippen LogP contribution in [0.2, 0.25) is 0 Å². The van der Waals surface area contributed by atoms with Gasteiger partial charge in [0.2, 0.25) is 0 Å². The van der Waals surface area contributed by atoms with Gasteiger partial charge in [-0.25, -0.2) is 0 Å². The minimum Gasteiger partial charge on any atom is -0.310 e. The molecule has 340 valence electrons. The minimum absolute atomic E-state index is 0.164. The van der Waals surface area contributed by atoms with E-state index in [1.165, 1.54) is 109 Å². The van der Waals surface area contributed by atoms with Crippen LogP contribution in [0.5, 0.6) is 0 Å². The Morgan fingerprint density at radius 3 is 1.58 bits per heavy atom. The van der Waals surface area contributed by atoms with E-state index in [-0.39, 0.29) is 5.41 Å². The summed E-state index contributed by atoms with van der Waals surface area (Å²) in [5.41, 5.74) is 22.7. The molecule has 0 aliphatic heterocycles. The summed E-state index contributed by atoms with van der Waals surface area (Å²) < 4.78 is 2.64. The number of anilines is 3. The van der Waals surface area contributed by atoms with Crippen molar-refractivity contribution < 1.29 is 0 Å². The fourth-order valence-electron chi connectivity index (χ4n) is 12.3. The summed E-state index contributed by atoms with van der Waals surface area (Å²) in [6, 6.07) is 97.5. The quantitative estimate of drug-likeness (QED) is 0.147. The van der Waals surface area contributed by atoms with Crippen molar-refractivity contribution in [2.75, 3.05) is 4.90 Å². The first-order valence-electron chi connectivity index (χ1n) is 25.1. The molecule has 1 aromatic heterocycles. The van der Waals surface area contributed by atoms with E-state index in [1.54, 1.807) is 0 Å². The summed E-state index contributed by atoms with van der Waals surface area (Å²) in [7, 11) is 0. The molecule has 2 aliphatic carbocycles. The van der Waals surface area contributed by atoms with Gasteiger partial charge in [-0.3, -0.25) is 0 Å². The molecule has 0 saturated heterocycles. The van der Waals surface area contributed by atoms with E-state index < -0.39 is 5.41 Å². The zero-order valence-corrected chi connectivity index (χ0v) is 41.0. The van der Waals surface area contributed by atoms with Gasteiger partial charge in [-0.2, -0.15) is 0 Å². The van der Waals surface area contributed by atoms with Gasteiger partial charge in [-0.1, -0.05) is 220 Å². The second kappa shape index (κ2) is 16.5. The largest absolute Gasteiger partial charge is 0.310 e. The lowest BCUT2D eigenvalue weighted by molar-refractivity contribution is 0.660. The van der Waals surface area contributed by atoms with Gasteiger partial charge in [0.1, 0.15) is 0 Å². The topological polar surface area (TPSA) is 3.24 Å². The second-order valence-corrected chi connectivity index (χ2v) is 21.0. The van der Waals surface area contributed by atoms with Gasteiger partial charge in [-0.05, 0) is 144 Å². The Morgan fingerprint density at radius 2 is 0.833 bits per heavy atom. The van der Waals surface area contributed by atoms with Gasteiger partial charge >= 0.3 is 0 Å². The van der Waals surface area contributed by atoms with Crippen molar-refractivity contribution in [3.63, 3.8) is 0 Å². The average Bonchev–Trinajstić information content (AvgIpc) is 4.05. The highest BCUT2D eigenvalue weighted by atomic mass is 32.1. The summed E-state index contributed by atoms with van der Waals surface area (Å²) in [5.74, 6) is 0. The maximum atomic E-state index is 2.51. The molecule has 0 bridgehead atoms. The SMILES string of the molecule is CC1(C)c2ccccc2-c2ccc(N(c3ccc(-c4cccc5c4sc4ccccc45)cc3)c3ccc4c(c3)C(c3ccccc3)(c3cccc(-c5ccccc5)c3)c3ccc(-c5ccccc5)cc3-4)cc21. The highest BCUT2D eigenvalue weighted by Crippen LogP contribution is 2.59. The fraction of sp³-hybridized carbons (Fsp3) is 0.0571. The van der Waals surface area contributed by atoms with Crippen LogP contribution in [-0.2, 0) is 10.8 Å². The molecular weight excluding hydrogens is 887 g/mol. The standard InChI is InChI=1S/C70H49NS/c1-69(2)63-30-14-12-26-57(63)58-39-37-54(44-65(58)69)71(53-35-32-48(33-36-53)56-28-17-29-61-60-27-13-15-31-67(60)72-68(56)61)55-38-40-59-62-43-50(47-20-8-4-9-21-47)34-41-64(62)70(66(59)45-55,51-23-10-5-11-24-51)52-25-16-22-49(42-52)46-18-6-3-7-19-46/h3-45H,1-2H3. The third-order valence-corrected chi connectivity index (χ3v) is 17.0. The lowest BCUT2D eigenvalue weighted by atomic mass is 9.67. The Bertz CT molecular complexity index is 4050. The Labute approximate surface area is 425 Å². The van der Waals surface area contributed by atoms with Crippen LogP contribution in [-0.4, -0.2) is 0 Å². The number of fused-ring (bicyclic) bond motifs is 9. The highest BCUT2D eigenvalue weighted by Gasteiger charge is 2.47. The molecular formula is C70H49NS. The maximum Gasteiger partial charge on any atom is 0.0714 e. The van der Waals surface area contributed by atoms with Crippen LogP contribution in [0.15, 0.2) is 261 Å². The van der Waals surface area contributed by atoms with Crippen molar-refractivity contribution in [1.82, 2.24) is 0 Å². The first kappa shape index (κ1) is 42.3. The van der Waals surface area contributed by atoms with Gasteiger partial charge in [-0.15, -0.1) is 11.3 Å². The van der Waals surface area contributed by atoms with E-state index in [1.807, 2.05) is 11.3 Å². The average molecular weight is 936 g/mol. The van der Waals surface area contributed by atoms with E-state index in [0.717, 1.165) is 17.1 Å². The molecule has 0 saturated carbocycles. The lowest BCUT2D eigenvalue weighted by Gasteiger charge is -2.35. The van der Waals surface area contributed by atoms with Crippen molar-refractivity contribution in [3.8, 4) is 55.6 Å². The van der Waals surface area contributed by atoms with Crippen molar-refractivity contribution >= 4 is 48.6 Å². The summed E-state index contributed by atoms with van der Waals surface area (Å²) in [6.07, 6.45) is 0. The molecule has 0 radical (unpaired) electrons. The first-order chi connectivity index (χ1) is 35.4. The minimum atomic E-state index is -0.637. The molecule has 14 rings (SSSR count). The normalized spacial score (nSPS) is 15.0. The molecule has 72 heavy (non-hydrogen) atoms. The van der Waals surface area contributed by atoms with Crippen molar-refractivity contribution in [2.45, 2.75) is 24.7 Å². The summed E-state index contributed by atoms with van der Waals surface area (Å²) in [5, 5.41) is 2.63. The number of thiophene rings is 1. The molecule has 0 spiro atoms. The number of hydrogen-bond donors (Lipinski definition) is 0. The van der Waals surface area contributed by atoms with Crippen molar-refractivity contribution in [3.05, 3.63) is 294 Å². The van der Waals surface area contributed by atoms with Crippen LogP contribution >= 0.6 is 11.3 Å². The Morgan fingerprint density at radius 1 is 0.306 bits per heavy atom. The van der Waals surface area contributed by atoms with Crippen molar-refractivity contribution in [1.29, 1.82) is 0 Å². The predicted molar refractivity (Wildman–Crippen MR) is 305 cm³/mol. The number of hydrogen-bond acceptors (Lipinski definition) is 2. The molecule has 1 nitrogen and oxygen atoms in total. The summed E-state index contributed by atoms with van der Waals surface area (Å²) in [4.78, 5) is 2.50. The Balaban J connectivity index is 1.01. The summed E-state index contributed by atoms with van der Waals surface area (Å²) in [6.45, 7) is 4.76. The van der Waals surface area contributed by atoms with Gasteiger partial charge in [0.05, 0.1) is 5.41 Å². The van der Waals surface area contributed by atoms with Crippen molar-refractivity contribution in [2.24, 2.45) is 0 Å². The zero-order valence-electron chi connectivity index (χ0n) is 40.2. The molecule has 0 amide bonds. The Hall–Kier alpha value is -8.56. The monoisotopic (exact) mass is 935 g/mol. The van der Waals surface area contributed by atoms with Crippen LogP contribution in [0.3, 0.4) is 0 Å². The number of benzene rings is 11. The fourth-order valence-corrected chi connectivity index (χ4v) is 13.6. The third kappa shape index (κ3) is 6.46. The molecule has 12 aromatic rings. The molecule has 1 heterocycles. The smallest absolute Gasteiger partial charge is 0.0714 e. The molecule has 11 aromatic carbocycles. The van der Waals surface area contributed by atoms with Gasteiger partial charge < -0.3 is 4.90 Å². The molecule has 0 fully saturated rings. The van der Waals surface area contributed by atoms with E-state index in [2.05, 4.69) is 280 Å². The first-order valence-corrected chi connectivity index (χ1v) is 25.9. The summed E-state index contributed by atoms with van der Waals surface area (Å²) >= 11 is 1.88. The maximum absolute atomic E-state index is 2.51. The van der Waals surface area contributed by atoms with Crippen LogP contribution < -0.4 is 4.90 Å². The Kier molecular flexibility index (Phi) is 9.71. The van der Waals surface area contributed by atoms with E-state index >= 15 is 0 Å². The van der Waals surface area contributed by atoms with Crippen LogP contribution in [0.25, 0.3) is 75.8 Å². The van der Waals surface area contributed by atoms with E-state index in [9.17, 15) is 0 Å². The zero-order chi connectivity index (χ0) is 48.0. The van der Waals surface area contributed by atoms with Crippen LogP contribution in [0, 0.1) is 0 Å². The number of nitrogens with zero attached hydrogens (tertiary/aromatic N) is 1. The molecule has 2 heteroatoms. The lowest BCUT2D eigenvalue weighted by Crippen LogP contribution is -2.29. The molecule has 1 atom stereocenters. The molecule has 2 aliphatic rings. The van der Waals surface area contributed by atoms with Crippen LogP contribution in [0.1, 0.15) is 47.2 Å². The molecule has 1 unspecified atom stereocenters.